The lowest BCUT2D eigenvalue weighted by Gasteiger charge is -2.30. The molecule has 0 aliphatic rings. The second-order valence-corrected chi connectivity index (χ2v) is 10.3. The van der Waals surface area contributed by atoms with Crippen molar-refractivity contribution in [1.29, 1.82) is 0 Å². The lowest BCUT2D eigenvalue weighted by molar-refractivity contribution is -0.117. The first-order valence-electron chi connectivity index (χ1n) is 10.2. The Bertz CT molecular complexity index is 1030. The lowest BCUT2D eigenvalue weighted by Crippen LogP contribution is -2.52. The van der Waals surface area contributed by atoms with E-state index in [1.807, 2.05) is 30.3 Å². The molecule has 0 bridgehead atoms. The molecule has 1 amide bonds. The maximum atomic E-state index is 12.7. The summed E-state index contributed by atoms with van der Waals surface area (Å²) < 4.78 is 26.3. The molecule has 3 N–H and O–H groups in total. The van der Waals surface area contributed by atoms with Crippen molar-refractivity contribution in [2.45, 2.75) is 44.6 Å². The third kappa shape index (κ3) is 7.11. The Morgan fingerprint density at radius 3 is 2.38 bits per heavy atom. The van der Waals surface area contributed by atoms with Crippen molar-refractivity contribution >= 4 is 21.7 Å². The predicted octanol–water partition coefficient (Wildman–Crippen LogP) is 1.12. The summed E-state index contributed by atoms with van der Waals surface area (Å²) in [7, 11) is -3.83. The molecule has 1 heterocycles. The average Bonchev–Trinajstić information content (AvgIpc) is 2.73. The molecular formula is C22H29N3O6S. The fourth-order valence-electron chi connectivity index (χ4n) is 3.08. The molecule has 2 aromatic rings. The molecule has 2 unspecified atom stereocenters. The number of amides is 1. The number of benzene rings is 1. The smallest absolute Gasteiger partial charge is 0.270 e. The quantitative estimate of drug-likeness (QED) is 0.454. The molecule has 0 saturated carbocycles. The van der Waals surface area contributed by atoms with Crippen molar-refractivity contribution in [3.63, 3.8) is 0 Å². The molecule has 0 spiro atoms. The Balaban J connectivity index is 2.30. The fourth-order valence-corrected chi connectivity index (χ4v) is 4.40. The maximum Gasteiger partial charge on any atom is 0.270 e. The fraction of sp³-hybridized carbons (Fsp3) is 0.409. The number of sulfonamides is 1. The first kappa shape index (κ1) is 25.4. The van der Waals surface area contributed by atoms with Gasteiger partial charge in [-0.15, -0.1) is 0 Å². The van der Waals surface area contributed by atoms with Gasteiger partial charge in [0.2, 0.25) is 10.0 Å². The number of ketones is 1. The Kier molecular flexibility index (Phi) is 8.88. The molecule has 0 fully saturated rings. The molecule has 10 heteroatoms. The van der Waals surface area contributed by atoms with Gasteiger partial charge in [0.25, 0.3) is 5.91 Å². The van der Waals surface area contributed by atoms with Crippen LogP contribution in [-0.2, 0) is 21.2 Å². The van der Waals surface area contributed by atoms with Crippen LogP contribution < -0.4 is 5.32 Å². The van der Waals surface area contributed by atoms with Gasteiger partial charge in [0.15, 0.2) is 0 Å². The number of pyridine rings is 1. The van der Waals surface area contributed by atoms with E-state index in [4.69, 9.17) is 0 Å². The van der Waals surface area contributed by atoms with Gasteiger partial charge < -0.3 is 15.5 Å². The van der Waals surface area contributed by atoms with E-state index in [1.54, 1.807) is 0 Å². The molecular weight excluding hydrogens is 434 g/mol. The van der Waals surface area contributed by atoms with Gasteiger partial charge in [-0.1, -0.05) is 30.3 Å². The number of carbonyl (C=O) groups excluding carboxylic acids is 2. The highest BCUT2D eigenvalue weighted by Gasteiger charge is 2.32. The normalized spacial score (nSPS) is 13.7. The van der Waals surface area contributed by atoms with Crippen LogP contribution in [0.4, 0.5) is 0 Å². The standard InChI is InChI=1S/C22H29N3O6S/c1-15(2)32(30,31)25(13-16(3)26)14-21(28)19(11-17-7-5-4-6-8-17)24-22(29)20-12-18(27)9-10-23-20/h4-10,12,15,19,21,28H,11,13-14H2,1-3H3,(H,23,27)(H,24,29). The molecule has 2 rings (SSSR count). The Labute approximate surface area is 188 Å². The highest BCUT2D eigenvalue weighted by atomic mass is 32.2. The SMILES string of the molecule is CC(=O)CN(CC(O)C(Cc1ccccc1)NC(=O)c1cc(O)ccn1)S(=O)(=O)C(C)C. The maximum absolute atomic E-state index is 12.7. The van der Waals surface area contributed by atoms with Crippen LogP contribution in [0.3, 0.4) is 0 Å². The number of aliphatic hydroxyl groups is 1. The summed E-state index contributed by atoms with van der Waals surface area (Å²) in [5.74, 6) is -1.14. The van der Waals surface area contributed by atoms with E-state index in [9.17, 15) is 28.2 Å². The number of aliphatic hydroxyl groups excluding tert-OH is 1. The number of hydrogen-bond donors (Lipinski definition) is 3. The Hall–Kier alpha value is -2.82. The molecule has 1 aromatic carbocycles. The topological polar surface area (TPSA) is 137 Å². The van der Waals surface area contributed by atoms with Crippen LogP contribution >= 0.6 is 0 Å². The van der Waals surface area contributed by atoms with Crippen molar-refractivity contribution in [1.82, 2.24) is 14.6 Å². The number of aromatic hydroxyl groups is 1. The van der Waals surface area contributed by atoms with Gasteiger partial charge in [0.05, 0.1) is 23.9 Å². The molecule has 1 aromatic heterocycles. The van der Waals surface area contributed by atoms with Crippen LogP contribution in [0.2, 0.25) is 0 Å². The minimum atomic E-state index is -3.83. The number of rotatable bonds is 11. The van der Waals surface area contributed by atoms with E-state index in [-0.39, 0.29) is 36.7 Å². The number of Topliss-reactive ketones (excluding diaryl/α,β-unsaturated/α-hetero) is 1. The summed E-state index contributed by atoms with van der Waals surface area (Å²) in [5, 5.41) is 22.5. The summed E-state index contributed by atoms with van der Waals surface area (Å²) in [5.41, 5.74) is 0.760. The predicted molar refractivity (Wildman–Crippen MR) is 120 cm³/mol. The number of nitrogens with zero attached hydrogens (tertiary/aromatic N) is 2. The molecule has 174 valence electrons. The molecule has 0 saturated heterocycles. The minimum absolute atomic E-state index is 0.0503. The molecule has 0 aliphatic heterocycles. The first-order valence-corrected chi connectivity index (χ1v) is 11.7. The number of hydrogen-bond acceptors (Lipinski definition) is 7. The van der Waals surface area contributed by atoms with Crippen LogP contribution in [0.25, 0.3) is 0 Å². The van der Waals surface area contributed by atoms with Crippen LogP contribution in [0.15, 0.2) is 48.7 Å². The van der Waals surface area contributed by atoms with E-state index < -0.39 is 33.3 Å². The van der Waals surface area contributed by atoms with Gasteiger partial charge in [-0.25, -0.2) is 8.42 Å². The van der Waals surface area contributed by atoms with Gasteiger partial charge in [0, 0.05) is 18.8 Å². The highest BCUT2D eigenvalue weighted by Crippen LogP contribution is 2.14. The van der Waals surface area contributed by atoms with Crippen LogP contribution in [0.1, 0.15) is 36.8 Å². The molecule has 2 atom stereocenters. The molecule has 0 radical (unpaired) electrons. The average molecular weight is 464 g/mol. The molecule has 9 nitrogen and oxygen atoms in total. The second kappa shape index (κ2) is 11.2. The molecule has 0 aliphatic carbocycles. The van der Waals surface area contributed by atoms with E-state index in [2.05, 4.69) is 10.3 Å². The van der Waals surface area contributed by atoms with E-state index in [1.165, 1.54) is 39.1 Å². The van der Waals surface area contributed by atoms with Crippen molar-refractivity contribution in [2.75, 3.05) is 13.1 Å². The van der Waals surface area contributed by atoms with E-state index >= 15 is 0 Å². The van der Waals surface area contributed by atoms with Gasteiger partial charge in [0.1, 0.15) is 17.2 Å². The zero-order valence-electron chi connectivity index (χ0n) is 18.3. The Morgan fingerprint density at radius 2 is 1.81 bits per heavy atom. The van der Waals surface area contributed by atoms with Crippen LogP contribution in [0, 0.1) is 0 Å². The van der Waals surface area contributed by atoms with Gasteiger partial charge in [-0.3, -0.25) is 14.6 Å². The minimum Gasteiger partial charge on any atom is -0.508 e. The van der Waals surface area contributed by atoms with Gasteiger partial charge in [-0.05, 0) is 38.8 Å². The monoisotopic (exact) mass is 463 g/mol. The second-order valence-electron chi connectivity index (χ2n) is 7.82. The molecule has 32 heavy (non-hydrogen) atoms. The van der Waals surface area contributed by atoms with Crippen molar-refractivity contribution in [2.24, 2.45) is 0 Å². The summed E-state index contributed by atoms with van der Waals surface area (Å²) in [6.07, 6.45) is 0.170. The zero-order chi connectivity index (χ0) is 23.9. The van der Waals surface area contributed by atoms with E-state index in [0.717, 1.165) is 9.87 Å². The van der Waals surface area contributed by atoms with E-state index in [0.29, 0.717) is 0 Å². The summed E-state index contributed by atoms with van der Waals surface area (Å²) >= 11 is 0. The zero-order valence-corrected chi connectivity index (χ0v) is 19.1. The van der Waals surface area contributed by atoms with Crippen LogP contribution in [0.5, 0.6) is 5.75 Å². The summed E-state index contributed by atoms with van der Waals surface area (Å²) in [6, 6.07) is 10.7. The summed E-state index contributed by atoms with van der Waals surface area (Å²) in [6.45, 7) is 3.51. The third-order valence-corrected chi connectivity index (χ3v) is 6.99. The largest absolute Gasteiger partial charge is 0.508 e. The first-order chi connectivity index (χ1) is 15.0. The van der Waals surface area contributed by atoms with Gasteiger partial charge in [-0.2, -0.15) is 4.31 Å². The van der Waals surface area contributed by atoms with Crippen molar-refractivity contribution < 1.29 is 28.2 Å². The number of aromatic nitrogens is 1. The van der Waals surface area contributed by atoms with Crippen molar-refractivity contribution in [3.8, 4) is 5.75 Å². The third-order valence-electron chi connectivity index (χ3n) is 4.80. The summed E-state index contributed by atoms with van der Waals surface area (Å²) in [4.78, 5) is 28.3. The number of nitrogens with one attached hydrogen (secondary N) is 1. The Morgan fingerprint density at radius 1 is 1.16 bits per heavy atom. The highest BCUT2D eigenvalue weighted by molar-refractivity contribution is 7.89. The number of carbonyl (C=O) groups is 2. The van der Waals surface area contributed by atoms with Crippen LogP contribution in [-0.4, -0.2) is 70.1 Å². The van der Waals surface area contributed by atoms with Gasteiger partial charge >= 0.3 is 0 Å². The lowest BCUT2D eigenvalue weighted by atomic mass is 10.0. The van der Waals surface area contributed by atoms with Crippen molar-refractivity contribution in [3.05, 3.63) is 59.9 Å².